The number of fused-ring (bicyclic) bond motifs is 1. The molecule has 0 radical (unpaired) electrons. The lowest BCUT2D eigenvalue weighted by Crippen LogP contribution is -2.08. The van der Waals surface area contributed by atoms with E-state index >= 15 is 0 Å². The first-order chi connectivity index (χ1) is 9.54. The van der Waals surface area contributed by atoms with Gasteiger partial charge in [-0.3, -0.25) is 4.79 Å². The van der Waals surface area contributed by atoms with Crippen LogP contribution in [0.15, 0.2) is 16.3 Å². The highest BCUT2D eigenvalue weighted by molar-refractivity contribution is 7.99. The molecule has 0 aromatic carbocycles. The Balaban J connectivity index is 2.05. The van der Waals surface area contributed by atoms with Crippen LogP contribution in [0, 0.1) is 6.92 Å². The van der Waals surface area contributed by atoms with Crippen LogP contribution in [0.2, 0.25) is 0 Å². The summed E-state index contributed by atoms with van der Waals surface area (Å²) in [6, 6.07) is 1.94. The Morgan fingerprint density at radius 2 is 2.20 bits per heavy atom. The molecule has 0 bridgehead atoms. The average molecular weight is 307 g/mol. The van der Waals surface area contributed by atoms with Gasteiger partial charge in [-0.1, -0.05) is 11.8 Å². The number of anilines is 1. The molecule has 1 aliphatic heterocycles. The van der Waals surface area contributed by atoms with Crippen molar-refractivity contribution in [3.63, 3.8) is 0 Å². The van der Waals surface area contributed by atoms with Gasteiger partial charge < -0.3 is 5.32 Å². The largest absolute Gasteiger partial charge is 0.318 e. The Labute approximate surface area is 124 Å². The lowest BCUT2D eigenvalue weighted by molar-refractivity contribution is -0.114. The number of aryl methyl sites for hydroxylation is 1. The molecule has 104 valence electrons. The summed E-state index contributed by atoms with van der Waals surface area (Å²) >= 11 is 3.11. The number of carbonyl (C=O) groups excluding carboxylic acids is 1. The van der Waals surface area contributed by atoms with Crippen molar-refractivity contribution in [1.82, 2.24) is 14.9 Å². The molecule has 0 aliphatic carbocycles. The second-order valence-electron chi connectivity index (χ2n) is 4.55. The molecule has 8 heteroatoms. The Morgan fingerprint density at radius 1 is 1.40 bits per heavy atom. The van der Waals surface area contributed by atoms with Crippen molar-refractivity contribution in [3.05, 3.63) is 11.6 Å². The quantitative estimate of drug-likeness (QED) is 0.925. The first-order valence-corrected chi connectivity index (χ1v) is 7.86. The van der Waals surface area contributed by atoms with Gasteiger partial charge in [0, 0.05) is 18.4 Å². The van der Waals surface area contributed by atoms with Crippen LogP contribution in [0.4, 0.5) is 5.00 Å². The summed E-state index contributed by atoms with van der Waals surface area (Å²) in [7, 11) is 0. The van der Waals surface area contributed by atoms with Crippen LogP contribution >= 0.6 is 23.1 Å². The highest BCUT2D eigenvalue weighted by atomic mass is 32.2. The summed E-state index contributed by atoms with van der Waals surface area (Å²) < 4.78 is 1.78. The lowest BCUT2D eigenvalue weighted by Gasteiger charge is -2.10. The minimum absolute atomic E-state index is 0.0782. The summed E-state index contributed by atoms with van der Waals surface area (Å²) in [5.74, 6) is 1.50. The van der Waals surface area contributed by atoms with E-state index < -0.39 is 0 Å². The summed E-state index contributed by atoms with van der Waals surface area (Å²) in [5, 5.41) is 17.3. The molecule has 2 aromatic heterocycles. The van der Waals surface area contributed by atoms with Gasteiger partial charge in [-0.2, -0.15) is 9.78 Å². The third-order valence-electron chi connectivity index (χ3n) is 2.71. The van der Waals surface area contributed by atoms with E-state index in [1.807, 2.05) is 19.9 Å². The first-order valence-electron chi connectivity index (χ1n) is 6.05. The molecule has 0 fully saturated rings. The zero-order valence-electron chi connectivity index (χ0n) is 11.3. The van der Waals surface area contributed by atoms with Crippen molar-refractivity contribution in [2.45, 2.75) is 25.9 Å². The van der Waals surface area contributed by atoms with Gasteiger partial charge in [0.25, 0.3) is 0 Å². The van der Waals surface area contributed by atoms with Gasteiger partial charge in [0.05, 0.1) is 9.88 Å². The SMILES string of the molecule is CC(=O)Nc1cc(C)c(-c2nnc3n2N=C(C)CS3)s1. The Kier molecular flexibility index (Phi) is 3.35. The number of nitrogens with one attached hydrogen (secondary N) is 1. The zero-order valence-corrected chi connectivity index (χ0v) is 12.9. The molecule has 0 saturated heterocycles. The predicted octanol–water partition coefficient (Wildman–Crippen LogP) is 2.60. The molecule has 1 N–H and O–H groups in total. The molecule has 0 unspecified atom stereocenters. The molecule has 1 amide bonds. The molecule has 0 saturated carbocycles. The molecule has 20 heavy (non-hydrogen) atoms. The number of hydrogen-bond donors (Lipinski definition) is 1. The topological polar surface area (TPSA) is 72.2 Å². The van der Waals surface area contributed by atoms with Gasteiger partial charge in [-0.25, -0.2) is 0 Å². The molecule has 0 spiro atoms. The van der Waals surface area contributed by atoms with Crippen LogP contribution in [-0.4, -0.2) is 32.2 Å². The summed E-state index contributed by atoms with van der Waals surface area (Å²) in [5.41, 5.74) is 2.09. The number of thiophene rings is 1. The van der Waals surface area contributed by atoms with Crippen molar-refractivity contribution in [2.24, 2.45) is 5.10 Å². The number of hydrogen-bond acceptors (Lipinski definition) is 6. The van der Waals surface area contributed by atoms with Gasteiger partial charge in [-0.15, -0.1) is 21.5 Å². The fraction of sp³-hybridized carbons (Fsp3) is 0.333. The minimum atomic E-state index is -0.0782. The lowest BCUT2D eigenvalue weighted by atomic mass is 10.3. The maximum atomic E-state index is 11.1. The molecule has 6 nitrogen and oxygen atoms in total. The van der Waals surface area contributed by atoms with Crippen molar-refractivity contribution in [2.75, 3.05) is 11.1 Å². The van der Waals surface area contributed by atoms with E-state index in [1.165, 1.54) is 18.3 Å². The normalized spacial score (nSPS) is 13.8. The first kappa shape index (κ1) is 13.3. The summed E-state index contributed by atoms with van der Waals surface area (Å²) in [4.78, 5) is 12.1. The zero-order chi connectivity index (χ0) is 14.3. The number of carbonyl (C=O) groups is 1. The van der Waals surface area contributed by atoms with Gasteiger partial charge in [0.15, 0.2) is 5.82 Å². The van der Waals surface area contributed by atoms with Crippen LogP contribution in [0.3, 0.4) is 0 Å². The van der Waals surface area contributed by atoms with E-state index in [-0.39, 0.29) is 5.91 Å². The Bertz CT molecular complexity index is 716. The third-order valence-corrected chi connectivity index (χ3v) is 4.94. The van der Waals surface area contributed by atoms with E-state index in [0.29, 0.717) is 0 Å². The summed E-state index contributed by atoms with van der Waals surface area (Å²) in [6.07, 6.45) is 0. The number of nitrogens with zero attached hydrogens (tertiary/aromatic N) is 4. The summed E-state index contributed by atoms with van der Waals surface area (Å²) in [6.45, 7) is 5.48. The van der Waals surface area contributed by atoms with E-state index in [1.54, 1.807) is 16.4 Å². The molecule has 1 aliphatic rings. The smallest absolute Gasteiger partial charge is 0.221 e. The number of thioether (sulfide) groups is 1. The van der Waals surface area contributed by atoms with E-state index in [4.69, 9.17) is 0 Å². The minimum Gasteiger partial charge on any atom is -0.318 e. The average Bonchev–Trinajstić information content (AvgIpc) is 2.91. The second kappa shape index (κ2) is 5.02. The van der Waals surface area contributed by atoms with Gasteiger partial charge in [0.2, 0.25) is 11.1 Å². The van der Waals surface area contributed by atoms with E-state index in [2.05, 4.69) is 20.6 Å². The van der Waals surface area contributed by atoms with Gasteiger partial charge in [0.1, 0.15) is 0 Å². The molecular weight excluding hydrogens is 294 g/mol. The molecule has 0 atom stereocenters. The predicted molar refractivity (Wildman–Crippen MR) is 81.6 cm³/mol. The Morgan fingerprint density at radius 3 is 2.95 bits per heavy atom. The maximum Gasteiger partial charge on any atom is 0.221 e. The van der Waals surface area contributed by atoms with Crippen LogP contribution in [0.1, 0.15) is 19.4 Å². The molecular formula is C12H13N5OS2. The van der Waals surface area contributed by atoms with Crippen LogP contribution in [0.5, 0.6) is 0 Å². The van der Waals surface area contributed by atoms with Crippen molar-refractivity contribution < 1.29 is 4.79 Å². The number of amides is 1. The van der Waals surface area contributed by atoms with Crippen molar-refractivity contribution in [3.8, 4) is 10.7 Å². The second-order valence-corrected chi connectivity index (χ2v) is 6.54. The highest BCUT2D eigenvalue weighted by Crippen LogP contribution is 2.36. The monoisotopic (exact) mass is 307 g/mol. The molecule has 3 rings (SSSR count). The fourth-order valence-corrected chi connectivity index (χ4v) is 3.73. The van der Waals surface area contributed by atoms with Crippen LogP contribution in [0.25, 0.3) is 10.7 Å². The van der Waals surface area contributed by atoms with Gasteiger partial charge in [-0.05, 0) is 25.5 Å². The molecule has 2 aromatic rings. The number of aromatic nitrogens is 3. The maximum absolute atomic E-state index is 11.1. The van der Waals surface area contributed by atoms with Crippen LogP contribution < -0.4 is 5.32 Å². The van der Waals surface area contributed by atoms with Gasteiger partial charge >= 0.3 is 0 Å². The van der Waals surface area contributed by atoms with Crippen LogP contribution in [-0.2, 0) is 4.79 Å². The standard InChI is InChI=1S/C12H13N5OS2/c1-6-4-9(13-8(3)18)20-10(6)11-14-15-12-17(11)16-7(2)5-19-12/h4H,5H2,1-3H3,(H,13,18). The molecule has 3 heterocycles. The highest BCUT2D eigenvalue weighted by Gasteiger charge is 2.21. The number of rotatable bonds is 2. The Hall–Kier alpha value is -1.67. The van der Waals surface area contributed by atoms with E-state index in [0.717, 1.165) is 37.9 Å². The third kappa shape index (κ3) is 2.36. The van der Waals surface area contributed by atoms with E-state index in [9.17, 15) is 4.79 Å². The van der Waals surface area contributed by atoms with Crippen molar-refractivity contribution >= 4 is 39.7 Å². The fourth-order valence-electron chi connectivity index (χ4n) is 1.89. The van der Waals surface area contributed by atoms with Crippen molar-refractivity contribution in [1.29, 1.82) is 0 Å².